The van der Waals surface area contributed by atoms with Gasteiger partial charge < -0.3 is 15.3 Å². The third kappa shape index (κ3) is 4.01. The van der Waals surface area contributed by atoms with Gasteiger partial charge in [-0.15, -0.1) is 0 Å². The highest BCUT2D eigenvalue weighted by atomic mass is 35.5. The summed E-state index contributed by atoms with van der Waals surface area (Å²) in [6, 6.07) is 9.55. The first-order chi connectivity index (χ1) is 15.9. The van der Waals surface area contributed by atoms with E-state index in [1.54, 1.807) is 12.1 Å². The number of nitrogens with one attached hydrogen (secondary N) is 1. The summed E-state index contributed by atoms with van der Waals surface area (Å²) in [7, 11) is -1.25. The predicted octanol–water partition coefficient (Wildman–Crippen LogP) is 3.93. The lowest BCUT2D eigenvalue weighted by Gasteiger charge is -2.43. The van der Waals surface area contributed by atoms with Crippen molar-refractivity contribution in [3.8, 4) is 6.07 Å². The highest BCUT2D eigenvalue weighted by Gasteiger charge is 2.40. The number of anilines is 2. The van der Waals surface area contributed by atoms with Crippen molar-refractivity contribution in [2.75, 3.05) is 35.7 Å². The second-order valence-electron chi connectivity index (χ2n) is 9.20. The summed E-state index contributed by atoms with van der Waals surface area (Å²) in [4.78, 5) is 7.14. The second-order valence-corrected chi connectivity index (χ2v) is 11.1. The number of aliphatic hydroxyl groups is 1. The third-order valence-corrected chi connectivity index (χ3v) is 8.93. The van der Waals surface area contributed by atoms with Crippen LogP contribution in [0.15, 0.2) is 29.2 Å². The van der Waals surface area contributed by atoms with Crippen molar-refractivity contribution < 1.29 is 13.7 Å². The summed E-state index contributed by atoms with van der Waals surface area (Å²) >= 11 is 5.98. The summed E-state index contributed by atoms with van der Waals surface area (Å²) < 4.78 is 28.1. The van der Waals surface area contributed by atoms with Crippen LogP contribution in [0.2, 0.25) is 5.02 Å². The second kappa shape index (κ2) is 8.86. The summed E-state index contributed by atoms with van der Waals surface area (Å²) in [5.74, 6) is 0.667. The van der Waals surface area contributed by atoms with Crippen molar-refractivity contribution in [1.29, 1.82) is 5.26 Å². The molecule has 0 spiro atoms. The normalized spacial score (nSPS) is 25.8. The number of hydrogen-bond donors (Lipinski definition) is 2. The van der Waals surface area contributed by atoms with Crippen LogP contribution in [0, 0.1) is 11.3 Å². The summed E-state index contributed by atoms with van der Waals surface area (Å²) in [6.07, 6.45) is 2.57. The van der Waals surface area contributed by atoms with Gasteiger partial charge >= 0.3 is 0 Å². The fourth-order valence-electron chi connectivity index (χ4n) is 5.14. The first-order valence-electron chi connectivity index (χ1n) is 11.3. The van der Waals surface area contributed by atoms with Crippen LogP contribution in [-0.4, -0.2) is 51.5 Å². The van der Waals surface area contributed by atoms with Crippen molar-refractivity contribution in [2.45, 2.75) is 54.6 Å². The first-order valence-corrected chi connectivity index (χ1v) is 13.0. The lowest BCUT2D eigenvalue weighted by molar-refractivity contribution is 0.144. The van der Waals surface area contributed by atoms with Gasteiger partial charge in [0.1, 0.15) is 23.6 Å². The van der Waals surface area contributed by atoms with Gasteiger partial charge in [0.2, 0.25) is 0 Å². The molecule has 2 aliphatic heterocycles. The van der Waals surface area contributed by atoms with Crippen molar-refractivity contribution in [2.24, 2.45) is 0 Å². The Labute approximate surface area is 200 Å². The lowest BCUT2D eigenvalue weighted by atomic mass is 9.77. The van der Waals surface area contributed by atoms with E-state index < -0.39 is 22.5 Å². The van der Waals surface area contributed by atoms with Crippen LogP contribution in [0.5, 0.6) is 0 Å². The van der Waals surface area contributed by atoms with Crippen molar-refractivity contribution in [1.82, 2.24) is 4.98 Å². The molecule has 2 aromatic rings. The smallest absolute Gasteiger partial charge is 0.149 e. The van der Waals surface area contributed by atoms with E-state index in [0.717, 1.165) is 24.8 Å². The predicted molar refractivity (Wildman–Crippen MR) is 127 cm³/mol. The van der Waals surface area contributed by atoms with E-state index in [4.69, 9.17) is 16.6 Å². The number of halogens is 2. The van der Waals surface area contributed by atoms with Gasteiger partial charge in [-0.2, -0.15) is 5.26 Å². The van der Waals surface area contributed by atoms with E-state index in [9.17, 15) is 14.6 Å². The Hall–Kier alpha value is -2.21. The minimum Gasteiger partial charge on any atom is -0.394 e. The molecule has 0 radical (unpaired) electrons. The molecule has 2 fully saturated rings. The number of rotatable bonds is 5. The van der Waals surface area contributed by atoms with Gasteiger partial charge in [0.25, 0.3) is 0 Å². The van der Waals surface area contributed by atoms with Crippen molar-refractivity contribution in [3.63, 3.8) is 0 Å². The topological polar surface area (TPSA) is 89.2 Å². The zero-order valence-corrected chi connectivity index (χ0v) is 19.8. The molecule has 0 bridgehead atoms. The molecule has 1 aromatic carbocycles. The maximum absolute atomic E-state index is 15.3. The summed E-state index contributed by atoms with van der Waals surface area (Å²) in [5.41, 5.74) is 1.92. The van der Waals surface area contributed by atoms with Gasteiger partial charge in [0.05, 0.1) is 45.8 Å². The quantitative estimate of drug-likeness (QED) is 0.663. The molecule has 1 aromatic heterocycles. The number of aromatic nitrogens is 1. The van der Waals surface area contributed by atoms with E-state index in [0.29, 0.717) is 57.8 Å². The molecule has 2 N–H and O–H groups in total. The first kappa shape index (κ1) is 22.6. The molecule has 1 aliphatic carbocycles. The highest BCUT2D eigenvalue weighted by molar-refractivity contribution is 7.85. The van der Waals surface area contributed by atoms with Gasteiger partial charge in [-0.25, -0.2) is 9.37 Å². The number of piperidine rings is 1. The van der Waals surface area contributed by atoms with E-state index in [1.807, 2.05) is 17.0 Å². The molecule has 33 heavy (non-hydrogen) atoms. The molecule has 9 heteroatoms. The summed E-state index contributed by atoms with van der Waals surface area (Å²) in [6.45, 7) is 0.624. The molecular formula is C24H26ClFN4O2S. The number of nitriles is 1. The summed E-state index contributed by atoms with van der Waals surface area (Å²) in [5, 5.41) is 24.1. The van der Waals surface area contributed by atoms with Gasteiger partial charge in [-0.3, -0.25) is 4.21 Å². The molecule has 5 rings (SSSR count). The van der Waals surface area contributed by atoms with Crippen LogP contribution in [0.1, 0.15) is 48.4 Å². The Bertz CT molecular complexity index is 1130. The third-order valence-electron chi connectivity index (χ3n) is 7.21. The number of alkyl halides is 1. The number of aliphatic hydroxyl groups excluding tert-OH is 1. The van der Waals surface area contributed by atoms with Crippen LogP contribution in [0.3, 0.4) is 0 Å². The fourth-order valence-corrected chi connectivity index (χ4v) is 6.64. The van der Waals surface area contributed by atoms with Crippen LogP contribution >= 0.6 is 11.6 Å². The van der Waals surface area contributed by atoms with Gasteiger partial charge in [0.15, 0.2) is 0 Å². The Kier molecular flexibility index (Phi) is 6.06. The van der Waals surface area contributed by atoms with E-state index in [1.165, 1.54) is 0 Å². The molecule has 3 aliphatic rings. The number of nitrogens with zero attached hydrogens (tertiary/aromatic N) is 3. The van der Waals surface area contributed by atoms with Crippen molar-refractivity contribution in [3.05, 3.63) is 46.1 Å². The van der Waals surface area contributed by atoms with E-state index in [-0.39, 0.29) is 19.1 Å². The molecule has 3 atom stereocenters. The molecule has 1 saturated heterocycles. The van der Waals surface area contributed by atoms with E-state index >= 15 is 4.39 Å². The molecule has 6 nitrogen and oxygen atoms in total. The van der Waals surface area contributed by atoms with E-state index in [2.05, 4.69) is 11.4 Å². The number of pyridine rings is 1. The number of benzene rings is 1. The standard InChI is InChI=1S/C24H26ClFN4O2S/c25-16-4-2-15(3-5-16)17-6-10-30(13-19(17)26)23-18(12-27)21(29-24(14-31)8-1-9-24)22-20(28-23)7-11-33(22)32/h2-5,17,19,31H,1,6-11,13-14H2,(H,28,29)/t17?,19?,33-/m0/s1. The average molecular weight is 489 g/mol. The van der Waals surface area contributed by atoms with Crippen LogP contribution < -0.4 is 10.2 Å². The van der Waals surface area contributed by atoms with Crippen LogP contribution in [-0.2, 0) is 17.2 Å². The molecule has 174 valence electrons. The average Bonchev–Trinajstić information content (AvgIpc) is 3.17. The number of aryl methyl sites for hydroxylation is 1. The van der Waals surface area contributed by atoms with Gasteiger partial charge in [-0.1, -0.05) is 23.7 Å². The Morgan fingerprint density at radius 2 is 2.12 bits per heavy atom. The number of hydrogen-bond acceptors (Lipinski definition) is 6. The molecule has 1 saturated carbocycles. The van der Waals surface area contributed by atoms with Gasteiger partial charge in [-0.05, 0) is 43.4 Å². The zero-order chi connectivity index (χ0) is 23.2. The monoisotopic (exact) mass is 488 g/mol. The van der Waals surface area contributed by atoms with Crippen LogP contribution in [0.4, 0.5) is 15.9 Å². The highest BCUT2D eigenvalue weighted by Crippen LogP contribution is 2.43. The zero-order valence-electron chi connectivity index (χ0n) is 18.2. The minimum absolute atomic E-state index is 0.0596. The van der Waals surface area contributed by atoms with Gasteiger partial charge in [0, 0.05) is 29.7 Å². The minimum atomic E-state index is -1.25. The molecular weight excluding hydrogens is 463 g/mol. The van der Waals surface area contributed by atoms with Crippen molar-refractivity contribution >= 4 is 33.9 Å². The Morgan fingerprint density at radius 3 is 2.73 bits per heavy atom. The van der Waals surface area contributed by atoms with Crippen LogP contribution in [0.25, 0.3) is 0 Å². The Morgan fingerprint density at radius 1 is 1.36 bits per heavy atom. The maximum Gasteiger partial charge on any atom is 0.149 e. The molecule has 2 unspecified atom stereocenters. The lowest BCUT2D eigenvalue weighted by Crippen LogP contribution is -2.49. The SMILES string of the molecule is N#Cc1c(N2CCC(c3ccc(Cl)cc3)C(F)C2)nc2c(c1NC1(CO)CCC1)[S@@](=O)CC2. The number of fused-ring (bicyclic) bond motifs is 1. The molecule has 0 amide bonds. The maximum atomic E-state index is 15.3. The molecule has 3 heterocycles. The Balaban J connectivity index is 1.49. The fraction of sp³-hybridized carbons (Fsp3) is 0.500. The largest absolute Gasteiger partial charge is 0.394 e.